The Hall–Kier alpha value is -2.74. The molecule has 2 nitrogen and oxygen atoms in total. The Balaban J connectivity index is 2.15. The Morgan fingerprint density at radius 2 is 1.20 bits per heavy atom. The summed E-state index contributed by atoms with van der Waals surface area (Å²) in [5.41, 5.74) is 3.37. The molecule has 25 heavy (non-hydrogen) atoms. The molecule has 0 bridgehead atoms. The van der Waals surface area contributed by atoms with Crippen molar-refractivity contribution in [2.45, 2.75) is 18.8 Å². The van der Waals surface area contributed by atoms with E-state index >= 15 is 0 Å². The third-order valence-corrected chi connectivity index (χ3v) is 4.82. The first kappa shape index (κ1) is 17.1. The SMILES string of the molecule is COc1c[c]cc(OC)c1CC(C)(c1ccccc1)c1ccccc1. The summed E-state index contributed by atoms with van der Waals surface area (Å²) >= 11 is 0. The fourth-order valence-electron chi connectivity index (χ4n) is 3.36. The molecule has 0 spiro atoms. The molecule has 0 heterocycles. The second-order valence-corrected chi connectivity index (χ2v) is 6.31. The van der Waals surface area contributed by atoms with E-state index in [9.17, 15) is 0 Å². The van der Waals surface area contributed by atoms with E-state index in [1.807, 2.05) is 24.3 Å². The van der Waals surface area contributed by atoms with Crippen LogP contribution >= 0.6 is 0 Å². The van der Waals surface area contributed by atoms with Gasteiger partial charge in [0.1, 0.15) is 11.5 Å². The number of ether oxygens (including phenoxy) is 2. The maximum absolute atomic E-state index is 5.59. The van der Waals surface area contributed by atoms with Gasteiger partial charge in [0.05, 0.1) is 14.2 Å². The zero-order valence-corrected chi connectivity index (χ0v) is 15.0. The van der Waals surface area contributed by atoms with Crippen LogP contribution in [0.1, 0.15) is 23.6 Å². The third-order valence-electron chi connectivity index (χ3n) is 4.82. The number of benzene rings is 3. The lowest BCUT2D eigenvalue weighted by molar-refractivity contribution is 0.378. The maximum Gasteiger partial charge on any atom is 0.126 e. The second kappa shape index (κ2) is 7.43. The Kier molecular flexibility index (Phi) is 5.08. The average molecular weight is 331 g/mol. The molecular formula is C23H23O2. The molecule has 0 aliphatic carbocycles. The molecule has 3 rings (SSSR count). The highest BCUT2D eigenvalue weighted by molar-refractivity contribution is 5.49. The van der Waals surface area contributed by atoms with E-state index in [4.69, 9.17) is 9.47 Å². The van der Waals surface area contributed by atoms with Gasteiger partial charge in [0.25, 0.3) is 0 Å². The summed E-state index contributed by atoms with van der Waals surface area (Å²) < 4.78 is 11.2. The molecule has 0 unspecified atom stereocenters. The van der Waals surface area contributed by atoms with Gasteiger partial charge in [-0.25, -0.2) is 0 Å². The van der Waals surface area contributed by atoms with Crippen LogP contribution in [-0.4, -0.2) is 14.2 Å². The van der Waals surface area contributed by atoms with Gasteiger partial charge in [0, 0.05) is 11.0 Å². The van der Waals surface area contributed by atoms with Crippen LogP contribution in [-0.2, 0) is 11.8 Å². The van der Waals surface area contributed by atoms with Gasteiger partial charge in [0.15, 0.2) is 0 Å². The second-order valence-electron chi connectivity index (χ2n) is 6.31. The third kappa shape index (κ3) is 3.39. The fraction of sp³-hybridized carbons (Fsp3) is 0.217. The first-order valence-corrected chi connectivity index (χ1v) is 8.41. The van der Waals surface area contributed by atoms with Crippen LogP contribution < -0.4 is 9.47 Å². The molecule has 0 saturated carbocycles. The average Bonchev–Trinajstić information content (AvgIpc) is 2.69. The van der Waals surface area contributed by atoms with Crippen LogP contribution in [0.15, 0.2) is 72.8 Å². The summed E-state index contributed by atoms with van der Waals surface area (Å²) in [7, 11) is 3.38. The van der Waals surface area contributed by atoms with Gasteiger partial charge in [-0.1, -0.05) is 67.6 Å². The zero-order chi connectivity index (χ0) is 17.7. The van der Waals surface area contributed by atoms with Gasteiger partial charge >= 0.3 is 0 Å². The van der Waals surface area contributed by atoms with E-state index in [1.54, 1.807) is 14.2 Å². The van der Waals surface area contributed by atoms with Crippen LogP contribution in [0.5, 0.6) is 11.5 Å². The van der Waals surface area contributed by atoms with Crippen molar-refractivity contribution in [3.8, 4) is 11.5 Å². The summed E-state index contributed by atoms with van der Waals surface area (Å²) in [6.45, 7) is 2.27. The van der Waals surface area contributed by atoms with Crippen LogP contribution in [0.3, 0.4) is 0 Å². The summed E-state index contributed by atoms with van der Waals surface area (Å²) in [5.74, 6) is 1.61. The molecule has 0 N–H and O–H groups in total. The van der Waals surface area contributed by atoms with Gasteiger partial charge in [0.2, 0.25) is 0 Å². The van der Waals surface area contributed by atoms with Crippen molar-refractivity contribution in [1.82, 2.24) is 0 Å². The minimum absolute atomic E-state index is 0.204. The van der Waals surface area contributed by atoms with Gasteiger partial charge in [-0.2, -0.15) is 0 Å². The van der Waals surface area contributed by atoms with E-state index in [1.165, 1.54) is 11.1 Å². The predicted molar refractivity (Wildman–Crippen MR) is 101 cm³/mol. The van der Waals surface area contributed by atoms with E-state index in [2.05, 4.69) is 61.5 Å². The minimum Gasteiger partial charge on any atom is -0.496 e. The molecule has 0 aliphatic heterocycles. The van der Waals surface area contributed by atoms with Crippen molar-refractivity contribution in [2.75, 3.05) is 14.2 Å². The topological polar surface area (TPSA) is 18.5 Å². The first-order valence-electron chi connectivity index (χ1n) is 8.41. The van der Waals surface area contributed by atoms with Crippen LogP contribution in [0.4, 0.5) is 0 Å². The molecule has 0 saturated heterocycles. The van der Waals surface area contributed by atoms with Crippen molar-refractivity contribution < 1.29 is 9.47 Å². The Labute approximate surface area is 150 Å². The predicted octanol–water partition coefficient (Wildman–Crippen LogP) is 5.05. The fourth-order valence-corrected chi connectivity index (χ4v) is 3.36. The van der Waals surface area contributed by atoms with Gasteiger partial charge in [-0.3, -0.25) is 0 Å². The lowest BCUT2D eigenvalue weighted by atomic mass is 9.72. The number of hydrogen-bond donors (Lipinski definition) is 0. The highest BCUT2D eigenvalue weighted by Crippen LogP contribution is 2.40. The molecule has 0 amide bonds. The smallest absolute Gasteiger partial charge is 0.126 e. The van der Waals surface area contributed by atoms with Crippen molar-refractivity contribution >= 4 is 0 Å². The monoisotopic (exact) mass is 331 g/mol. The van der Waals surface area contributed by atoms with E-state index in [0.29, 0.717) is 0 Å². The van der Waals surface area contributed by atoms with Crippen molar-refractivity contribution in [1.29, 1.82) is 0 Å². The normalized spacial score (nSPS) is 11.2. The molecule has 2 heteroatoms. The minimum atomic E-state index is -0.204. The molecule has 0 aromatic heterocycles. The molecule has 0 fully saturated rings. The van der Waals surface area contributed by atoms with Crippen LogP contribution in [0.25, 0.3) is 0 Å². The van der Waals surface area contributed by atoms with Crippen molar-refractivity contribution in [3.05, 3.63) is 95.6 Å². The number of hydrogen-bond acceptors (Lipinski definition) is 2. The van der Waals surface area contributed by atoms with Crippen LogP contribution in [0, 0.1) is 6.07 Å². The maximum atomic E-state index is 5.59. The van der Waals surface area contributed by atoms with Crippen molar-refractivity contribution in [2.24, 2.45) is 0 Å². The van der Waals surface area contributed by atoms with Crippen LogP contribution in [0.2, 0.25) is 0 Å². The summed E-state index contributed by atoms with van der Waals surface area (Å²) in [4.78, 5) is 0. The Bertz CT molecular complexity index is 748. The zero-order valence-electron chi connectivity index (χ0n) is 15.0. The van der Waals surface area contributed by atoms with E-state index in [0.717, 1.165) is 23.5 Å². The number of rotatable bonds is 6. The van der Waals surface area contributed by atoms with E-state index < -0.39 is 0 Å². The highest BCUT2D eigenvalue weighted by atomic mass is 16.5. The molecule has 3 aromatic carbocycles. The Morgan fingerprint density at radius 3 is 1.60 bits per heavy atom. The molecule has 1 radical (unpaired) electrons. The largest absolute Gasteiger partial charge is 0.496 e. The summed E-state index contributed by atoms with van der Waals surface area (Å²) in [5, 5.41) is 0. The lowest BCUT2D eigenvalue weighted by Crippen LogP contribution is -2.27. The first-order chi connectivity index (χ1) is 12.2. The highest BCUT2D eigenvalue weighted by Gasteiger charge is 2.31. The molecular weight excluding hydrogens is 308 g/mol. The van der Waals surface area contributed by atoms with Crippen molar-refractivity contribution in [3.63, 3.8) is 0 Å². The quantitative estimate of drug-likeness (QED) is 0.629. The lowest BCUT2D eigenvalue weighted by Gasteiger charge is -2.32. The Morgan fingerprint density at radius 1 is 0.760 bits per heavy atom. The number of methoxy groups -OCH3 is 2. The molecule has 0 atom stereocenters. The van der Waals surface area contributed by atoms with Gasteiger partial charge < -0.3 is 9.47 Å². The summed E-state index contributed by atoms with van der Waals surface area (Å²) in [6, 6.07) is 28.0. The molecule has 127 valence electrons. The summed E-state index contributed by atoms with van der Waals surface area (Å²) in [6.07, 6.45) is 0.766. The molecule has 3 aromatic rings. The molecule has 0 aliphatic rings. The van der Waals surface area contributed by atoms with E-state index in [-0.39, 0.29) is 5.41 Å². The van der Waals surface area contributed by atoms with Gasteiger partial charge in [-0.15, -0.1) is 0 Å². The van der Waals surface area contributed by atoms with Gasteiger partial charge in [-0.05, 0) is 35.7 Å². The standard InChI is InChI=1S/C23H23O2/c1-23(18-11-6-4-7-12-18,19-13-8-5-9-14-19)17-20-21(24-2)15-10-16-22(20)25-3/h4-9,11-16H,17H2,1-3H3.